The van der Waals surface area contributed by atoms with E-state index in [1.54, 1.807) is 0 Å². The van der Waals surface area contributed by atoms with E-state index in [0.29, 0.717) is 12.1 Å². The summed E-state index contributed by atoms with van der Waals surface area (Å²) in [6, 6.07) is 5.44. The normalized spacial score (nSPS) is 20.6. The van der Waals surface area contributed by atoms with E-state index in [1.165, 1.54) is 18.2 Å². The van der Waals surface area contributed by atoms with E-state index in [9.17, 15) is 4.39 Å². The number of rotatable bonds is 4. The van der Waals surface area contributed by atoms with E-state index >= 15 is 0 Å². The maximum Gasteiger partial charge on any atom is 0.165 e. The number of phenols is 1. The molecule has 1 aliphatic heterocycles. The summed E-state index contributed by atoms with van der Waals surface area (Å²) < 4.78 is 18.6. The van der Waals surface area contributed by atoms with Crippen molar-refractivity contribution in [1.29, 1.82) is 5.26 Å². The Morgan fingerprint density at radius 2 is 2.44 bits per heavy atom. The van der Waals surface area contributed by atoms with Crippen molar-refractivity contribution in [2.75, 3.05) is 13.2 Å². The molecule has 96 valence electrons. The van der Waals surface area contributed by atoms with Gasteiger partial charge in [0.2, 0.25) is 0 Å². The van der Waals surface area contributed by atoms with Crippen LogP contribution in [0.4, 0.5) is 4.39 Å². The van der Waals surface area contributed by atoms with Crippen molar-refractivity contribution in [3.8, 4) is 11.8 Å². The van der Waals surface area contributed by atoms with Gasteiger partial charge in [-0.15, -0.1) is 0 Å². The molecule has 1 fully saturated rings. The van der Waals surface area contributed by atoms with Crippen LogP contribution < -0.4 is 5.32 Å². The summed E-state index contributed by atoms with van der Waals surface area (Å²) in [4.78, 5) is 0. The smallest absolute Gasteiger partial charge is 0.165 e. The monoisotopic (exact) mass is 250 g/mol. The third kappa shape index (κ3) is 2.97. The molecule has 1 saturated heterocycles. The molecule has 0 saturated carbocycles. The van der Waals surface area contributed by atoms with Crippen LogP contribution >= 0.6 is 0 Å². The van der Waals surface area contributed by atoms with Gasteiger partial charge in [0.1, 0.15) is 6.04 Å². The molecule has 0 amide bonds. The first-order valence-electron chi connectivity index (χ1n) is 5.93. The molecule has 2 rings (SSSR count). The lowest BCUT2D eigenvalue weighted by Crippen LogP contribution is -2.29. The summed E-state index contributed by atoms with van der Waals surface area (Å²) in [5.74, 6) is -1.12. The molecule has 0 spiro atoms. The molecule has 18 heavy (non-hydrogen) atoms. The van der Waals surface area contributed by atoms with Crippen molar-refractivity contribution in [2.24, 2.45) is 0 Å². The highest BCUT2D eigenvalue weighted by Gasteiger charge is 2.18. The molecule has 2 unspecified atom stereocenters. The van der Waals surface area contributed by atoms with Crippen molar-refractivity contribution < 1.29 is 14.2 Å². The summed E-state index contributed by atoms with van der Waals surface area (Å²) >= 11 is 0. The van der Waals surface area contributed by atoms with Crippen LogP contribution in [0.5, 0.6) is 5.75 Å². The Kier molecular flexibility index (Phi) is 4.13. The molecule has 1 aromatic rings. The van der Waals surface area contributed by atoms with Gasteiger partial charge in [0.25, 0.3) is 0 Å². The number of phenolic OH excluding ortho intramolecular Hbond substituents is 1. The zero-order chi connectivity index (χ0) is 13.0. The molecule has 0 aliphatic carbocycles. The van der Waals surface area contributed by atoms with Crippen molar-refractivity contribution >= 4 is 0 Å². The molecule has 1 heterocycles. The van der Waals surface area contributed by atoms with E-state index in [4.69, 9.17) is 15.1 Å². The standard InChI is InChI=1S/C13H15FN2O2/c14-11-6-9(3-4-13(11)17)12(7-15)16-8-10-2-1-5-18-10/h3-4,6,10,12,16-17H,1-2,5,8H2. The second-order valence-electron chi connectivity index (χ2n) is 4.32. The molecule has 5 heteroatoms. The predicted octanol–water partition coefficient (Wildman–Crippen LogP) is 1.86. The van der Waals surface area contributed by atoms with Gasteiger partial charge in [-0.2, -0.15) is 5.26 Å². The van der Waals surface area contributed by atoms with Gasteiger partial charge < -0.3 is 9.84 Å². The Labute approximate surface area is 105 Å². The fourth-order valence-corrected chi connectivity index (χ4v) is 2.00. The molecular formula is C13H15FN2O2. The van der Waals surface area contributed by atoms with Gasteiger partial charge in [-0.25, -0.2) is 4.39 Å². The van der Waals surface area contributed by atoms with Crippen LogP contribution in [0.3, 0.4) is 0 Å². The Bertz CT molecular complexity index is 453. The number of nitrogens with zero attached hydrogens (tertiary/aromatic N) is 1. The van der Waals surface area contributed by atoms with Crippen molar-refractivity contribution in [2.45, 2.75) is 25.0 Å². The highest BCUT2D eigenvalue weighted by atomic mass is 19.1. The summed E-state index contributed by atoms with van der Waals surface area (Å²) in [7, 11) is 0. The minimum atomic E-state index is -0.716. The predicted molar refractivity (Wildman–Crippen MR) is 63.4 cm³/mol. The summed E-state index contributed by atoms with van der Waals surface area (Å²) in [6.45, 7) is 1.33. The van der Waals surface area contributed by atoms with Gasteiger partial charge >= 0.3 is 0 Å². The summed E-state index contributed by atoms with van der Waals surface area (Å²) in [5, 5.41) is 21.2. The maximum atomic E-state index is 13.2. The second kappa shape index (κ2) is 5.80. The minimum absolute atomic E-state index is 0.128. The SMILES string of the molecule is N#CC(NCC1CCCO1)c1ccc(O)c(F)c1. The van der Waals surface area contributed by atoms with E-state index < -0.39 is 17.6 Å². The molecule has 1 aliphatic rings. The van der Waals surface area contributed by atoms with Crippen LogP contribution in [0.15, 0.2) is 18.2 Å². The molecule has 2 atom stereocenters. The van der Waals surface area contributed by atoms with E-state index in [1.807, 2.05) is 0 Å². The van der Waals surface area contributed by atoms with Gasteiger partial charge in [-0.1, -0.05) is 6.07 Å². The number of ether oxygens (including phenoxy) is 1. The molecule has 0 bridgehead atoms. The van der Waals surface area contributed by atoms with Gasteiger partial charge in [-0.3, -0.25) is 5.32 Å². The second-order valence-corrected chi connectivity index (χ2v) is 4.32. The molecular weight excluding hydrogens is 235 g/mol. The van der Waals surface area contributed by atoms with Crippen LogP contribution in [-0.4, -0.2) is 24.4 Å². The molecule has 1 aromatic carbocycles. The zero-order valence-electron chi connectivity index (χ0n) is 9.90. The Morgan fingerprint density at radius 3 is 3.06 bits per heavy atom. The van der Waals surface area contributed by atoms with Gasteiger partial charge in [0, 0.05) is 13.2 Å². The third-order valence-corrected chi connectivity index (χ3v) is 3.01. The quantitative estimate of drug-likeness (QED) is 0.856. The van der Waals surface area contributed by atoms with Gasteiger partial charge in [0.15, 0.2) is 11.6 Å². The Balaban J connectivity index is 1.99. The summed E-state index contributed by atoms with van der Waals surface area (Å²) in [5.41, 5.74) is 0.505. The first kappa shape index (κ1) is 12.8. The average Bonchev–Trinajstić information content (AvgIpc) is 2.87. The third-order valence-electron chi connectivity index (χ3n) is 3.01. The van der Waals surface area contributed by atoms with Gasteiger partial charge in [-0.05, 0) is 30.5 Å². The lowest BCUT2D eigenvalue weighted by molar-refractivity contribution is 0.109. The number of hydrogen-bond acceptors (Lipinski definition) is 4. The van der Waals surface area contributed by atoms with Crippen LogP contribution in [0.1, 0.15) is 24.4 Å². The number of halogens is 1. The fourth-order valence-electron chi connectivity index (χ4n) is 2.00. The Morgan fingerprint density at radius 1 is 1.61 bits per heavy atom. The maximum absolute atomic E-state index is 13.2. The van der Waals surface area contributed by atoms with E-state index in [0.717, 1.165) is 19.4 Å². The average molecular weight is 250 g/mol. The van der Waals surface area contributed by atoms with E-state index in [2.05, 4.69) is 11.4 Å². The number of benzene rings is 1. The van der Waals surface area contributed by atoms with Crippen LogP contribution in [-0.2, 0) is 4.74 Å². The minimum Gasteiger partial charge on any atom is -0.505 e. The lowest BCUT2D eigenvalue weighted by Gasteiger charge is -2.15. The highest BCUT2D eigenvalue weighted by Crippen LogP contribution is 2.21. The first-order chi connectivity index (χ1) is 8.70. The van der Waals surface area contributed by atoms with Crippen molar-refractivity contribution in [1.82, 2.24) is 5.32 Å². The first-order valence-corrected chi connectivity index (χ1v) is 5.93. The topological polar surface area (TPSA) is 65.3 Å². The number of hydrogen-bond donors (Lipinski definition) is 2. The van der Waals surface area contributed by atoms with Gasteiger partial charge in [0.05, 0.1) is 12.2 Å². The van der Waals surface area contributed by atoms with E-state index in [-0.39, 0.29) is 6.10 Å². The number of nitriles is 1. The molecule has 0 aromatic heterocycles. The highest BCUT2D eigenvalue weighted by molar-refractivity contribution is 5.32. The van der Waals surface area contributed by atoms with Crippen LogP contribution in [0.2, 0.25) is 0 Å². The van der Waals surface area contributed by atoms with Crippen LogP contribution in [0.25, 0.3) is 0 Å². The largest absolute Gasteiger partial charge is 0.505 e. The summed E-state index contributed by atoms with van der Waals surface area (Å²) in [6.07, 6.45) is 2.15. The number of nitrogens with one attached hydrogen (secondary N) is 1. The van der Waals surface area contributed by atoms with Crippen LogP contribution in [0, 0.1) is 17.1 Å². The number of aromatic hydroxyl groups is 1. The molecule has 2 N–H and O–H groups in total. The zero-order valence-corrected chi connectivity index (χ0v) is 9.90. The molecule has 4 nitrogen and oxygen atoms in total. The molecule has 0 radical (unpaired) electrons. The van der Waals surface area contributed by atoms with Crippen molar-refractivity contribution in [3.63, 3.8) is 0 Å². The fraction of sp³-hybridized carbons (Fsp3) is 0.462. The van der Waals surface area contributed by atoms with Crippen molar-refractivity contribution in [3.05, 3.63) is 29.6 Å². The lowest BCUT2D eigenvalue weighted by atomic mass is 10.1. The Hall–Kier alpha value is -1.64.